The average molecular weight is 1160 g/mol. The van der Waals surface area contributed by atoms with Crippen molar-refractivity contribution in [1.82, 2.24) is 0 Å². The molecule has 11 fully saturated rings. The van der Waals surface area contributed by atoms with Crippen LogP contribution in [-0.4, -0.2) is 204 Å². The van der Waals surface area contributed by atoms with Crippen LogP contribution in [0.15, 0.2) is 49.1 Å². The fourth-order valence-corrected chi connectivity index (χ4v) is 16.1. The first kappa shape index (κ1) is 58.9. The minimum Gasteiger partial charge on any atom is -0.387 e. The van der Waals surface area contributed by atoms with Crippen LogP contribution in [0.3, 0.4) is 0 Å². The van der Waals surface area contributed by atoms with Gasteiger partial charge in [-0.05, 0) is 83.8 Å². The van der Waals surface area contributed by atoms with E-state index in [1.165, 1.54) is 13.0 Å². The van der Waals surface area contributed by atoms with Crippen LogP contribution in [0.1, 0.15) is 125 Å². The zero-order valence-electron chi connectivity index (χ0n) is 45.9. The van der Waals surface area contributed by atoms with E-state index in [9.17, 15) is 36.7 Å². The molecule has 24 heteroatoms. The van der Waals surface area contributed by atoms with Gasteiger partial charge in [-0.2, -0.15) is 16.8 Å². The van der Waals surface area contributed by atoms with Crippen LogP contribution in [0, 0.1) is 5.92 Å². The maximum Gasteiger partial charge on any atom is 0.397 e. The molecule has 0 aromatic heterocycles. The van der Waals surface area contributed by atoms with Crippen molar-refractivity contribution in [2.45, 2.75) is 281 Å². The van der Waals surface area contributed by atoms with Crippen molar-refractivity contribution >= 4 is 20.8 Å². The summed E-state index contributed by atoms with van der Waals surface area (Å²) in [5, 5.41) is 34.1. The van der Waals surface area contributed by atoms with Crippen LogP contribution in [-0.2, 0) is 81.3 Å². The molecule has 0 bridgehead atoms. The van der Waals surface area contributed by atoms with Gasteiger partial charge in [-0.3, -0.25) is 9.11 Å². The van der Waals surface area contributed by atoms with Crippen molar-refractivity contribution in [3.8, 4) is 0 Å². The molecule has 11 aliphatic heterocycles. The Labute approximate surface area is 463 Å². The minimum absolute atomic E-state index is 0.00274. The van der Waals surface area contributed by atoms with Gasteiger partial charge in [0.15, 0.2) is 0 Å². The molecule has 11 aliphatic rings. The molecule has 0 aromatic carbocycles. The summed E-state index contributed by atoms with van der Waals surface area (Å²) in [6.45, 7) is 22.7. The van der Waals surface area contributed by atoms with Gasteiger partial charge in [0.25, 0.3) is 0 Å². The molecule has 0 aromatic rings. The molecule has 22 nitrogen and oxygen atoms in total. The predicted molar refractivity (Wildman–Crippen MR) is 277 cm³/mol. The van der Waals surface area contributed by atoms with Crippen molar-refractivity contribution in [2.24, 2.45) is 5.92 Å². The van der Waals surface area contributed by atoms with E-state index in [1.54, 1.807) is 19.1 Å². The molecule has 0 saturated carbocycles. The molecule has 11 rings (SSSR count). The Kier molecular flexibility index (Phi) is 15.9. The molecule has 0 amide bonds. The van der Waals surface area contributed by atoms with Gasteiger partial charge in [0.1, 0.15) is 35.6 Å². The van der Waals surface area contributed by atoms with Crippen molar-refractivity contribution in [1.29, 1.82) is 0 Å². The smallest absolute Gasteiger partial charge is 0.387 e. The third-order valence-electron chi connectivity index (χ3n) is 19.8. The fraction of sp³-hybridized carbons (Fsp3) is 0.855. The van der Waals surface area contributed by atoms with Gasteiger partial charge in [0.05, 0.1) is 127 Å². The molecule has 11 saturated heterocycles. The molecule has 11 heterocycles. The lowest BCUT2D eigenvalue weighted by molar-refractivity contribution is -0.369. The molecular formula is C55H82O22S2. The second kappa shape index (κ2) is 21.3. The lowest BCUT2D eigenvalue weighted by Crippen LogP contribution is -2.74. The number of fused-ring (bicyclic) bond motifs is 10. The van der Waals surface area contributed by atoms with Crippen molar-refractivity contribution in [3.05, 3.63) is 49.1 Å². The normalized spacial score (nSPS) is 50.9. The van der Waals surface area contributed by atoms with Gasteiger partial charge in [0, 0.05) is 51.4 Å². The number of ether oxygens (including phenoxy) is 11. The SMILES string of the molecule is C=CC(O)C(=C)/C=C/[C@@](C)(O)[C@H]1O[C@@H]2C[C@@H]3O[C@@H]4C[C@@H]5O[C@@H]6C[C@@H]7O[C@@H]8C[C@@H]9O[C@@H]%10C[C@@H]%11O[C@](C)(CCOS(=O)(=O)O)[C@@H](OS(=O)(=O)O)C[C@H]%11O[C@H]%10C[C@H]9O[C@H]8CC[C@@]7(C)O[C@@]6(C)CC[C@H](C)[C@H]5O[C@H]4[C@@H](O)[C@@]3(C)O[C@H]2CC1=C. The van der Waals surface area contributed by atoms with Crippen molar-refractivity contribution < 1.29 is 102 Å². The third-order valence-corrected chi connectivity index (χ3v) is 20.7. The fourth-order valence-electron chi connectivity index (χ4n) is 15.3. The quantitative estimate of drug-likeness (QED) is 0.111. The molecule has 0 aliphatic carbocycles. The molecule has 446 valence electrons. The summed E-state index contributed by atoms with van der Waals surface area (Å²) >= 11 is 0. The zero-order chi connectivity index (χ0) is 56.6. The Morgan fingerprint density at radius 1 is 0.709 bits per heavy atom. The van der Waals surface area contributed by atoms with Gasteiger partial charge in [-0.15, -0.1) is 6.58 Å². The topological polar surface area (TPSA) is 289 Å². The van der Waals surface area contributed by atoms with E-state index in [0.717, 1.165) is 6.42 Å². The Bertz CT molecular complexity index is 2580. The van der Waals surface area contributed by atoms with E-state index in [-0.39, 0.29) is 61.5 Å². The number of aliphatic hydroxyl groups excluding tert-OH is 2. The van der Waals surface area contributed by atoms with Crippen LogP contribution in [0.2, 0.25) is 0 Å². The van der Waals surface area contributed by atoms with Crippen molar-refractivity contribution in [2.75, 3.05) is 6.61 Å². The molecule has 0 radical (unpaired) electrons. The monoisotopic (exact) mass is 1160 g/mol. The summed E-state index contributed by atoms with van der Waals surface area (Å²) in [7, 11) is -9.75. The maximum atomic E-state index is 12.3. The maximum absolute atomic E-state index is 12.3. The van der Waals surface area contributed by atoms with Gasteiger partial charge in [-0.25, -0.2) is 8.37 Å². The van der Waals surface area contributed by atoms with E-state index in [4.69, 9.17) is 60.8 Å². The van der Waals surface area contributed by atoms with E-state index in [0.29, 0.717) is 75.4 Å². The second-order valence-electron chi connectivity index (χ2n) is 25.6. The number of rotatable bonds is 11. The van der Waals surface area contributed by atoms with Gasteiger partial charge >= 0.3 is 20.8 Å². The summed E-state index contributed by atoms with van der Waals surface area (Å²) in [5.74, 6) is 0.0510. The molecule has 79 heavy (non-hydrogen) atoms. The van der Waals surface area contributed by atoms with Crippen LogP contribution < -0.4 is 0 Å². The number of hydrogen-bond acceptors (Lipinski definition) is 20. The molecule has 1 unspecified atom stereocenters. The first-order valence-electron chi connectivity index (χ1n) is 28.3. The van der Waals surface area contributed by atoms with Gasteiger partial charge in [-0.1, -0.05) is 38.3 Å². The first-order chi connectivity index (χ1) is 36.9. The van der Waals surface area contributed by atoms with Crippen LogP contribution >= 0.6 is 0 Å². The second-order valence-corrected chi connectivity index (χ2v) is 27.8. The minimum atomic E-state index is -4.95. The largest absolute Gasteiger partial charge is 0.397 e. The summed E-state index contributed by atoms with van der Waals surface area (Å²) in [6.07, 6.45) is -1.23. The van der Waals surface area contributed by atoms with Crippen LogP contribution in [0.25, 0.3) is 0 Å². The van der Waals surface area contributed by atoms with Gasteiger partial charge < -0.3 is 67.4 Å². The first-order valence-corrected chi connectivity index (χ1v) is 31.0. The van der Waals surface area contributed by atoms with Crippen molar-refractivity contribution in [3.63, 3.8) is 0 Å². The lowest BCUT2D eigenvalue weighted by Gasteiger charge is -2.61. The zero-order valence-corrected chi connectivity index (χ0v) is 47.6. The molecular weight excluding hydrogens is 1080 g/mol. The van der Waals surface area contributed by atoms with E-state index in [1.807, 2.05) is 6.92 Å². The highest BCUT2D eigenvalue weighted by molar-refractivity contribution is 7.81. The Hall–Kier alpha value is -1.86. The van der Waals surface area contributed by atoms with E-state index in [2.05, 4.69) is 44.7 Å². The van der Waals surface area contributed by atoms with Gasteiger partial charge in [0.2, 0.25) is 0 Å². The predicted octanol–water partition coefficient (Wildman–Crippen LogP) is 4.03. The third kappa shape index (κ3) is 11.5. The summed E-state index contributed by atoms with van der Waals surface area (Å²) < 4.78 is 151. The molecule has 5 N–H and O–H groups in total. The summed E-state index contributed by atoms with van der Waals surface area (Å²) in [5.41, 5.74) is -4.40. The van der Waals surface area contributed by atoms with Crippen LogP contribution in [0.4, 0.5) is 0 Å². The van der Waals surface area contributed by atoms with E-state index >= 15 is 0 Å². The standard InChI is InChI=1S/C55H82O22S2/c1-10-30(56)27(2)11-14-51(5,58)50-29(4)19-39-38(72-50)25-46-55(9,75-39)49(57)48-42(71-46)23-41-47(73-48)28(3)12-15-53(7)44(70-41)26-43-54(8,77-53)16-13-31-32(69-43)20-34-33(66-31)21-35-36(67-34)22-40-37(68-35)24-45(76-79(62,63)64)52(6,74-40)17-18-65-78(59,60)61/h10-11,14,28,30-50,56-58H,1-2,4,12-13,15-26H2,3,5-9H3,(H,59,60,61)(H,62,63,64)/b14-11+/t28-,30?,31-,32+,33+,34-,35-,36+,37+,38+,39-,40-,41-,42+,43-,44+,45-,46-,47+,48+,49+,50-,51+,52+,53-,54+,55-/m0/s1. The number of hydrogen-bond donors (Lipinski definition) is 5. The summed E-state index contributed by atoms with van der Waals surface area (Å²) in [4.78, 5) is 0. The Morgan fingerprint density at radius 3 is 1.91 bits per heavy atom. The molecule has 27 atom stereocenters. The Balaban J connectivity index is 0.748. The average Bonchev–Trinajstić information content (AvgIpc) is 3.52. The highest BCUT2D eigenvalue weighted by atomic mass is 32.3. The van der Waals surface area contributed by atoms with Crippen LogP contribution in [0.5, 0.6) is 0 Å². The highest BCUT2D eigenvalue weighted by Crippen LogP contribution is 2.54. The Morgan fingerprint density at radius 2 is 1.27 bits per heavy atom. The summed E-state index contributed by atoms with van der Waals surface area (Å²) in [6, 6.07) is 0. The lowest BCUT2D eigenvalue weighted by atomic mass is 9.73. The highest BCUT2D eigenvalue weighted by Gasteiger charge is 2.65. The molecule has 0 spiro atoms. The number of aliphatic hydroxyl groups is 3. The van der Waals surface area contributed by atoms with E-state index < -0.39 is 141 Å².